The zero-order valence-corrected chi connectivity index (χ0v) is 13.4. The standard InChI is InChI=1S/C12H11IN4O2S/c13-8-1-5-10(6-2-8)19-11(18)7-20-12-14-15-16-17(12)9-3-4-9/h1-2,5-6,9H,3-4,7H2. The molecule has 20 heavy (non-hydrogen) atoms. The minimum absolute atomic E-state index is 0.194. The maximum absolute atomic E-state index is 11.8. The van der Waals surface area contributed by atoms with Gasteiger partial charge in [0, 0.05) is 3.57 Å². The molecule has 1 fully saturated rings. The first-order valence-corrected chi connectivity index (χ1v) is 8.16. The van der Waals surface area contributed by atoms with Crippen LogP contribution in [0.5, 0.6) is 5.75 Å². The van der Waals surface area contributed by atoms with E-state index in [-0.39, 0.29) is 11.7 Å². The van der Waals surface area contributed by atoms with Crippen LogP contribution in [0, 0.1) is 3.57 Å². The van der Waals surface area contributed by atoms with Gasteiger partial charge in [-0.05, 0) is 70.1 Å². The summed E-state index contributed by atoms with van der Waals surface area (Å²) in [4.78, 5) is 11.8. The zero-order valence-electron chi connectivity index (χ0n) is 10.4. The first kappa shape index (κ1) is 13.8. The Hall–Kier alpha value is -1.16. The normalized spacial score (nSPS) is 14.2. The van der Waals surface area contributed by atoms with Crippen molar-refractivity contribution < 1.29 is 9.53 Å². The number of hydrogen-bond donors (Lipinski definition) is 0. The maximum Gasteiger partial charge on any atom is 0.321 e. The Morgan fingerprint density at radius 1 is 1.40 bits per heavy atom. The molecule has 1 aromatic heterocycles. The maximum atomic E-state index is 11.8. The third-order valence-electron chi connectivity index (χ3n) is 2.72. The molecule has 3 rings (SSSR count). The number of hydrogen-bond acceptors (Lipinski definition) is 6. The highest BCUT2D eigenvalue weighted by atomic mass is 127. The molecule has 1 aromatic carbocycles. The van der Waals surface area contributed by atoms with Crippen molar-refractivity contribution in [1.82, 2.24) is 20.2 Å². The summed E-state index contributed by atoms with van der Waals surface area (Å²) in [7, 11) is 0. The molecule has 1 saturated carbocycles. The van der Waals surface area contributed by atoms with Crippen molar-refractivity contribution in [1.29, 1.82) is 0 Å². The van der Waals surface area contributed by atoms with Gasteiger partial charge in [-0.25, -0.2) is 4.68 Å². The summed E-state index contributed by atoms with van der Waals surface area (Å²) in [6.07, 6.45) is 2.21. The fourth-order valence-corrected chi connectivity index (χ4v) is 2.69. The van der Waals surface area contributed by atoms with E-state index in [1.54, 1.807) is 16.8 Å². The van der Waals surface area contributed by atoms with Crippen molar-refractivity contribution in [3.05, 3.63) is 27.8 Å². The van der Waals surface area contributed by atoms with Crippen molar-refractivity contribution in [2.24, 2.45) is 0 Å². The second-order valence-corrected chi connectivity index (χ2v) is 6.54. The van der Waals surface area contributed by atoms with Crippen LogP contribution >= 0.6 is 34.4 Å². The van der Waals surface area contributed by atoms with Gasteiger partial charge in [-0.2, -0.15) is 0 Å². The molecule has 0 N–H and O–H groups in total. The molecule has 0 atom stereocenters. The Balaban J connectivity index is 1.54. The summed E-state index contributed by atoms with van der Waals surface area (Å²) in [5.74, 6) is 0.443. The monoisotopic (exact) mass is 402 g/mol. The van der Waals surface area contributed by atoms with Gasteiger partial charge in [-0.15, -0.1) is 5.10 Å². The van der Waals surface area contributed by atoms with Gasteiger partial charge in [0.1, 0.15) is 5.75 Å². The number of aromatic nitrogens is 4. The van der Waals surface area contributed by atoms with Gasteiger partial charge in [0.05, 0.1) is 11.8 Å². The van der Waals surface area contributed by atoms with Gasteiger partial charge in [-0.1, -0.05) is 11.8 Å². The quantitative estimate of drug-likeness (QED) is 0.331. The Labute approximate surface area is 133 Å². The summed E-state index contributed by atoms with van der Waals surface area (Å²) in [6.45, 7) is 0. The summed E-state index contributed by atoms with van der Waals surface area (Å²) in [6, 6.07) is 7.74. The molecule has 0 aliphatic heterocycles. The predicted molar refractivity (Wildman–Crippen MR) is 81.6 cm³/mol. The highest BCUT2D eigenvalue weighted by Crippen LogP contribution is 2.36. The summed E-state index contributed by atoms with van der Waals surface area (Å²) >= 11 is 3.50. The number of rotatable bonds is 5. The molecular formula is C12H11IN4O2S. The largest absolute Gasteiger partial charge is 0.426 e. The highest BCUT2D eigenvalue weighted by Gasteiger charge is 2.28. The van der Waals surface area contributed by atoms with Gasteiger partial charge in [0.2, 0.25) is 5.16 Å². The number of nitrogens with zero attached hydrogens (tertiary/aromatic N) is 4. The summed E-state index contributed by atoms with van der Waals surface area (Å²) in [5, 5.41) is 12.2. The van der Waals surface area contributed by atoms with E-state index in [9.17, 15) is 4.79 Å². The summed E-state index contributed by atoms with van der Waals surface area (Å²) in [5.41, 5.74) is 0. The number of esters is 1. The highest BCUT2D eigenvalue weighted by molar-refractivity contribution is 14.1. The number of thioether (sulfide) groups is 1. The first-order chi connectivity index (χ1) is 9.72. The van der Waals surface area contributed by atoms with Crippen LogP contribution in [-0.4, -0.2) is 31.9 Å². The fourth-order valence-electron chi connectivity index (χ4n) is 1.62. The first-order valence-electron chi connectivity index (χ1n) is 6.09. The van der Waals surface area contributed by atoms with E-state index in [1.807, 2.05) is 12.1 Å². The van der Waals surface area contributed by atoms with Gasteiger partial charge in [0.15, 0.2) is 0 Å². The van der Waals surface area contributed by atoms with E-state index < -0.39 is 0 Å². The number of benzene rings is 1. The molecule has 1 aliphatic rings. The van der Waals surface area contributed by atoms with Crippen molar-refractivity contribution in [3.63, 3.8) is 0 Å². The fraction of sp³-hybridized carbons (Fsp3) is 0.333. The van der Waals surface area contributed by atoms with Crippen molar-refractivity contribution in [2.45, 2.75) is 24.0 Å². The molecule has 0 amide bonds. The van der Waals surface area contributed by atoms with Crippen LogP contribution in [0.3, 0.4) is 0 Å². The number of carbonyl (C=O) groups is 1. The van der Waals surface area contributed by atoms with Crippen molar-refractivity contribution >= 4 is 40.3 Å². The lowest BCUT2D eigenvalue weighted by Crippen LogP contribution is -2.11. The summed E-state index contributed by atoms with van der Waals surface area (Å²) < 4.78 is 8.12. The van der Waals surface area contributed by atoms with Crippen LogP contribution < -0.4 is 4.74 Å². The Kier molecular flexibility index (Phi) is 4.20. The van der Waals surface area contributed by atoms with E-state index in [2.05, 4.69) is 38.1 Å². The minimum Gasteiger partial charge on any atom is -0.426 e. The lowest BCUT2D eigenvalue weighted by Gasteiger charge is -2.04. The van der Waals surface area contributed by atoms with Crippen molar-refractivity contribution in [2.75, 3.05) is 5.75 Å². The Morgan fingerprint density at radius 3 is 2.85 bits per heavy atom. The number of halogens is 1. The molecule has 0 unspecified atom stereocenters. The Bertz CT molecular complexity index is 612. The number of ether oxygens (including phenoxy) is 1. The second-order valence-electron chi connectivity index (χ2n) is 4.35. The van der Waals surface area contributed by atoms with Crippen LogP contribution in [0.25, 0.3) is 0 Å². The average Bonchev–Trinajstić information content (AvgIpc) is 3.18. The van der Waals surface area contributed by atoms with Crippen molar-refractivity contribution in [3.8, 4) is 5.75 Å². The third kappa shape index (κ3) is 3.48. The molecule has 104 valence electrons. The SMILES string of the molecule is O=C(CSc1nnnn1C1CC1)Oc1ccc(I)cc1. The van der Waals surface area contributed by atoms with E-state index in [0.29, 0.717) is 16.9 Å². The van der Waals surface area contributed by atoms with Gasteiger partial charge in [-0.3, -0.25) is 4.79 Å². The van der Waals surface area contributed by atoms with Gasteiger partial charge in [0.25, 0.3) is 0 Å². The van der Waals surface area contributed by atoms with E-state index in [4.69, 9.17) is 4.74 Å². The van der Waals surface area contributed by atoms with E-state index >= 15 is 0 Å². The van der Waals surface area contributed by atoms with E-state index in [1.165, 1.54) is 11.8 Å². The Morgan fingerprint density at radius 2 is 2.15 bits per heavy atom. The van der Waals surface area contributed by atoms with Crippen LogP contribution in [0.1, 0.15) is 18.9 Å². The molecule has 0 radical (unpaired) electrons. The number of carbonyl (C=O) groups excluding carboxylic acids is 1. The lowest BCUT2D eigenvalue weighted by molar-refractivity contribution is -0.131. The third-order valence-corrected chi connectivity index (χ3v) is 4.35. The lowest BCUT2D eigenvalue weighted by atomic mass is 10.3. The van der Waals surface area contributed by atoms with E-state index in [0.717, 1.165) is 16.4 Å². The van der Waals surface area contributed by atoms with Crippen LogP contribution in [-0.2, 0) is 4.79 Å². The minimum atomic E-state index is -0.304. The molecule has 0 saturated heterocycles. The molecule has 0 spiro atoms. The molecular weight excluding hydrogens is 391 g/mol. The molecule has 6 nitrogen and oxygen atoms in total. The molecule has 1 heterocycles. The molecule has 8 heteroatoms. The molecule has 1 aliphatic carbocycles. The molecule has 2 aromatic rings. The zero-order chi connectivity index (χ0) is 13.9. The molecule has 0 bridgehead atoms. The smallest absolute Gasteiger partial charge is 0.321 e. The topological polar surface area (TPSA) is 69.9 Å². The second kappa shape index (κ2) is 6.08. The van der Waals surface area contributed by atoms with Crippen LogP contribution in [0.15, 0.2) is 29.4 Å². The predicted octanol–water partition coefficient (Wildman–Crippen LogP) is 2.31. The van der Waals surface area contributed by atoms with Gasteiger partial charge >= 0.3 is 5.97 Å². The number of tetrazole rings is 1. The van der Waals surface area contributed by atoms with Crippen LogP contribution in [0.2, 0.25) is 0 Å². The van der Waals surface area contributed by atoms with Crippen LogP contribution in [0.4, 0.5) is 0 Å². The average molecular weight is 402 g/mol. The van der Waals surface area contributed by atoms with Gasteiger partial charge < -0.3 is 4.74 Å².